The fraction of sp³-hybridized carbons (Fsp3) is 0. The number of hydrogen-bond donors (Lipinski definition) is 0. The summed E-state index contributed by atoms with van der Waals surface area (Å²) in [4.78, 5) is 11.1. The number of rotatable bonds is 2. The van der Waals surface area contributed by atoms with Gasteiger partial charge in [0.1, 0.15) is 11.1 Å². The average molecular weight is 714 g/mol. The van der Waals surface area contributed by atoms with E-state index in [2.05, 4.69) is 165 Å². The molecule has 14 rings (SSSR count). The van der Waals surface area contributed by atoms with E-state index in [0.717, 1.165) is 49.3 Å². The minimum atomic E-state index is 0.595. The normalized spacial score (nSPS) is 12.6. The highest BCUT2D eigenvalue weighted by atomic mass is 16.3. The molecule has 0 amide bonds. The number of fused-ring (bicyclic) bond motifs is 18. The molecule has 0 saturated heterocycles. The summed E-state index contributed by atoms with van der Waals surface area (Å²) in [5, 5.41) is 13.0. The predicted octanol–water partition coefficient (Wildman–Crippen LogP) is 12.9. The van der Waals surface area contributed by atoms with Crippen molar-refractivity contribution in [2.45, 2.75) is 0 Å². The molecule has 6 heterocycles. The van der Waals surface area contributed by atoms with E-state index < -0.39 is 0 Å². The van der Waals surface area contributed by atoms with E-state index in [1.807, 2.05) is 12.1 Å². The van der Waals surface area contributed by atoms with E-state index in [-0.39, 0.29) is 0 Å². The van der Waals surface area contributed by atoms with Crippen molar-refractivity contribution in [3.8, 4) is 11.8 Å². The molecule has 0 fully saturated rings. The lowest BCUT2D eigenvalue weighted by molar-refractivity contribution is 0.661. The lowest BCUT2D eigenvalue weighted by Gasteiger charge is -2.12. The van der Waals surface area contributed by atoms with Gasteiger partial charge in [-0.05, 0) is 59.3 Å². The Labute approximate surface area is 317 Å². The Kier molecular flexibility index (Phi) is 5.18. The van der Waals surface area contributed by atoms with Crippen molar-refractivity contribution in [1.82, 2.24) is 23.5 Å². The molecule has 14 aromatic rings. The first-order valence-electron chi connectivity index (χ1n) is 19.0. The molecule has 0 radical (unpaired) electrons. The van der Waals surface area contributed by atoms with E-state index in [0.29, 0.717) is 17.3 Å². The van der Waals surface area contributed by atoms with Gasteiger partial charge in [0.25, 0.3) is 0 Å². The SMILES string of the molecule is c1ccc2c(c1)ccc1c2c2c3c4ccccc4n4c5ccccc5c(cc2n1-c1nc(-n2c5ccccc5c5ccccc52)c2oc5ccccc5c2n1)c34. The maximum absolute atomic E-state index is 6.73. The molecule has 0 aliphatic heterocycles. The summed E-state index contributed by atoms with van der Waals surface area (Å²) < 4.78 is 13.8. The lowest BCUT2D eigenvalue weighted by atomic mass is 9.99. The van der Waals surface area contributed by atoms with Crippen LogP contribution in [0.4, 0.5) is 0 Å². The Balaban J connectivity index is 1.24. The Morgan fingerprint density at radius 2 is 0.982 bits per heavy atom. The van der Waals surface area contributed by atoms with Crippen LogP contribution in [0.3, 0.4) is 0 Å². The standard InChI is InChI=1S/C50H27N5O/c1-2-14-29-28(13-1)25-26-40-43(29)45-41(27-35-32-17-5-8-20-36(32)53-39-23-11-6-18-33(39)44(45)47(35)53)55(40)50-51-46-34-19-7-12-24-42(34)56-48(46)49(52-50)54-37-21-9-3-15-30(37)31-16-4-10-22-38(31)54/h1-27H. The molecular formula is C50H27N5O. The Hall–Kier alpha value is -7.70. The minimum absolute atomic E-state index is 0.595. The first-order chi connectivity index (χ1) is 27.8. The largest absolute Gasteiger partial charge is 0.450 e. The number of benzene rings is 8. The van der Waals surface area contributed by atoms with Gasteiger partial charge in [-0.1, -0.05) is 115 Å². The number of nitrogens with zero attached hydrogens (tertiary/aromatic N) is 5. The molecule has 0 unspecified atom stereocenters. The highest BCUT2D eigenvalue weighted by Gasteiger charge is 2.28. The summed E-state index contributed by atoms with van der Waals surface area (Å²) in [7, 11) is 0. The van der Waals surface area contributed by atoms with Crippen LogP contribution in [0, 0.1) is 0 Å². The second kappa shape index (κ2) is 10.1. The van der Waals surface area contributed by atoms with Gasteiger partial charge in [0.2, 0.25) is 5.95 Å². The molecule has 0 N–H and O–H groups in total. The first-order valence-corrected chi connectivity index (χ1v) is 19.0. The Morgan fingerprint density at radius 1 is 0.393 bits per heavy atom. The molecule has 8 aromatic carbocycles. The monoisotopic (exact) mass is 713 g/mol. The number of furan rings is 1. The van der Waals surface area contributed by atoms with E-state index in [1.54, 1.807) is 0 Å². The van der Waals surface area contributed by atoms with Crippen molar-refractivity contribution in [2.75, 3.05) is 0 Å². The van der Waals surface area contributed by atoms with Gasteiger partial charge in [0, 0.05) is 48.5 Å². The highest BCUT2D eigenvalue weighted by molar-refractivity contribution is 6.38. The Bertz CT molecular complexity index is 3960. The lowest BCUT2D eigenvalue weighted by Crippen LogP contribution is -2.06. The third-order valence-electron chi connectivity index (χ3n) is 12.2. The topological polar surface area (TPSA) is 53.2 Å². The molecule has 56 heavy (non-hydrogen) atoms. The van der Waals surface area contributed by atoms with Crippen LogP contribution in [0.15, 0.2) is 168 Å². The maximum Gasteiger partial charge on any atom is 0.237 e. The predicted molar refractivity (Wildman–Crippen MR) is 230 cm³/mol. The van der Waals surface area contributed by atoms with Gasteiger partial charge in [-0.3, -0.25) is 9.13 Å². The quantitative estimate of drug-likeness (QED) is 0.179. The van der Waals surface area contributed by atoms with Crippen molar-refractivity contribution in [3.63, 3.8) is 0 Å². The zero-order valence-corrected chi connectivity index (χ0v) is 29.7. The molecule has 6 nitrogen and oxygen atoms in total. The maximum atomic E-state index is 6.73. The van der Waals surface area contributed by atoms with Crippen LogP contribution in [-0.2, 0) is 0 Å². The zero-order chi connectivity index (χ0) is 36.2. The van der Waals surface area contributed by atoms with Crippen molar-refractivity contribution in [3.05, 3.63) is 164 Å². The average Bonchev–Trinajstić information content (AvgIpc) is 4.05. The molecular weight excluding hydrogens is 687 g/mol. The third-order valence-corrected chi connectivity index (χ3v) is 12.2. The zero-order valence-electron chi connectivity index (χ0n) is 29.7. The highest BCUT2D eigenvalue weighted by Crippen LogP contribution is 2.48. The van der Waals surface area contributed by atoms with E-state index in [4.69, 9.17) is 14.4 Å². The minimum Gasteiger partial charge on any atom is -0.450 e. The number of hydrogen-bond acceptors (Lipinski definition) is 3. The summed E-state index contributed by atoms with van der Waals surface area (Å²) in [6.07, 6.45) is 0. The molecule has 258 valence electrons. The fourth-order valence-corrected chi connectivity index (χ4v) is 9.96. The molecule has 0 bridgehead atoms. The summed E-state index contributed by atoms with van der Waals surface area (Å²) in [5.41, 5.74) is 10.1. The fourth-order valence-electron chi connectivity index (χ4n) is 9.96. The van der Waals surface area contributed by atoms with E-state index >= 15 is 0 Å². The van der Waals surface area contributed by atoms with Crippen molar-refractivity contribution in [1.29, 1.82) is 0 Å². The number of para-hydroxylation sites is 5. The van der Waals surface area contributed by atoms with Gasteiger partial charge in [0.15, 0.2) is 11.4 Å². The van der Waals surface area contributed by atoms with Crippen molar-refractivity contribution in [2.24, 2.45) is 0 Å². The van der Waals surface area contributed by atoms with Gasteiger partial charge in [-0.2, -0.15) is 4.98 Å². The molecule has 0 aliphatic rings. The van der Waals surface area contributed by atoms with Crippen LogP contribution in [0.25, 0.3) is 126 Å². The first kappa shape index (κ1) is 28.8. The summed E-state index contributed by atoms with van der Waals surface area (Å²) in [6.45, 7) is 0. The van der Waals surface area contributed by atoms with Crippen LogP contribution in [0.5, 0.6) is 0 Å². The van der Waals surface area contributed by atoms with Crippen molar-refractivity contribution >= 4 is 115 Å². The van der Waals surface area contributed by atoms with Crippen LogP contribution in [0.1, 0.15) is 0 Å². The molecule has 0 spiro atoms. The van der Waals surface area contributed by atoms with Crippen molar-refractivity contribution < 1.29 is 4.42 Å². The molecule has 0 saturated carbocycles. The van der Waals surface area contributed by atoms with E-state index in [9.17, 15) is 0 Å². The number of aromatic nitrogens is 5. The third kappa shape index (κ3) is 3.39. The van der Waals surface area contributed by atoms with Gasteiger partial charge in [0.05, 0.1) is 38.6 Å². The smallest absolute Gasteiger partial charge is 0.237 e. The van der Waals surface area contributed by atoms with Crippen LogP contribution >= 0.6 is 0 Å². The Morgan fingerprint density at radius 3 is 1.73 bits per heavy atom. The van der Waals surface area contributed by atoms with Gasteiger partial charge >= 0.3 is 0 Å². The van der Waals surface area contributed by atoms with Gasteiger partial charge in [-0.15, -0.1) is 0 Å². The van der Waals surface area contributed by atoms with Crippen LogP contribution < -0.4 is 0 Å². The second-order valence-electron chi connectivity index (χ2n) is 14.9. The molecule has 0 atom stereocenters. The molecule has 6 heteroatoms. The molecule has 0 aliphatic carbocycles. The molecule has 6 aromatic heterocycles. The summed E-state index contributed by atoms with van der Waals surface area (Å²) in [6, 6.07) is 58.5. The second-order valence-corrected chi connectivity index (χ2v) is 14.9. The summed E-state index contributed by atoms with van der Waals surface area (Å²) >= 11 is 0. The van der Waals surface area contributed by atoms with Gasteiger partial charge < -0.3 is 8.82 Å². The van der Waals surface area contributed by atoms with Crippen LogP contribution in [-0.4, -0.2) is 23.5 Å². The van der Waals surface area contributed by atoms with Crippen LogP contribution in [0.2, 0.25) is 0 Å². The van der Waals surface area contributed by atoms with E-state index in [1.165, 1.54) is 59.6 Å². The van der Waals surface area contributed by atoms with Gasteiger partial charge in [-0.25, -0.2) is 4.98 Å². The summed E-state index contributed by atoms with van der Waals surface area (Å²) in [5.74, 6) is 1.31.